The van der Waals surface area contributed by atoms with Gasteiger partial charge < -0.3 is 9.13 Å². The van der Waals surface area contributed by atoms with Crippen molar-refractivity contribution in [1.82, 2.24) is 9.13 Å². The number of thiophene rings is 2. The Hall–Kier alpha value is -7.12. The summed E-state index contributed by atoms with van der Waals surface area (Å²) in [5.74, 6) is -0.663. The standard InChI is InChI=1S/C62H46F2N2S2/c1-61(2,3)57-55(35-19-7-13-25-41(35)63)59(65-43-27-15-9-21-37(43)51-45(65)31-33-49-53(51)39-23-11-17-29-47(39)67-49)58(62(4,5)6)60(56(57)36-20-8-14-26-42(36)64)66-44-28-16-10-22-38(44)52-46(66)32-34-50-54(52)40-24-12-18-30-48(40)68-50/h7-34H,1-6H3. The average Bonchev–Trinajstić information content (AvgIpc) is 4.08. The second kappa shape index (κ2) is 14.7. The van der Waals surface area contributed by atoms with Crippen molar-refractivity contribution in [3.05, 3.63) is 193 Å². The van der Waals surface area contributed by atoms with Crippen molar-refractivity contribution < 1.29 is 8.78 Å². The largest absolute Gasteiger partial charge is 0.308 e. The van der Waals surface area contributed by atoms with Gasteiger partial charge in [-0.15, -0.1) is 22.7 Å². The van der Waals surface area contributed by atoms with Crippen LogP contribution in [0.25, 0.3) is 118 Å². The molecule has 6 heteroatoms. The van der Waals surface area contributed by atoms with E-state index in [1.165, 1.54) is 40.3 Å². The molecule has 330 valence electrons. The minimum Gasteiger partial charge on any atom is -0.308 e. The van der Waals surface area contributed by atoms with Crippen molar-refractivity contribution in [2.45, 2.75) is 52.4 Å². The van der Waals surface area contributed by atoms with Crippen molar-refractivity contribution in [1.29, 1.82) is 0 Å². The number of rotatable bonds is 4. The van der Waals surface area contributed by atoms with E-state index in [-0.39, 0.29) is 11.6 Å². The van der Waals surface area contributed by atoms with Gasteiger partial charge in [-0.3, -0.25) is 0 Å². The molecule has 0 aliphatic heterocycles. The Morgan fingerprint density at radius 2 is 0.706 bits per heavy atom. The maximum Gasteiger partial charge on any atom is 0.131 e. The minimum absolute atomic E-state index is 0.332. The molecule has 0 N–H and O–H groups in total. The third-order valence-corrected chi connectivity index (χ3v) is 16.3. The van der Waals surface area contributed by atoms with Crippen LogP contribution < -0.4 is 0 Å². The Morgan fingerprint density at radius 3 is 1.12 bits per heavy atom. The van der Waals surface area contributed by atoms with Crippen LogP contribution in [0.2, 0.25) is 0 Å². The van der Waals surface area contributed by atoms with Crippen LogP contribution in [0.3, 0.4) is 0 Å². The number of benzene rings is 9. The summed E-state index contributed by atoms with van der Waals surface area (Å²) in [7, 11) is 0. The highest BCUT2D eigenvalue weighted by atomic mass is 32.1. The lowest BCUT2D eigenvalue weighted by atomic mass is 9.71. The molecule has 0 unspecified atom stereocenters. The first-order chi connectivity index (χ1) is 32.9. The van der Waals surface area contributed by atoms with E-state index in [9.17, 15) is 0 Å². The predicted molar refractivity (Wildman–Crippen MR) is 289 cm³/mol. The van der Waals surface area contributed by atoms with E-state index in [2.05, 4.69) is 172 Å². The monoisotopic (exact) mass is 920 g/mol. The summed E-state index contributed by atoms with van der Waals surface area (Å²) >= 11 is 3.63. The molecule has 0 saturated carbocycles. The van der Waals surface area contributed by atoms with Crippen LogP contribution in [0.4, 0.5) is 8.78 Å². The molecule has 0 aliphatic carbocycles. The van der Waals surface area contributed by atoms with Crippen molar-refractivity contribution in [3.8, 4) is 33.6 Å². The topological polar surface area (TPSA) is 9.86 Å². The molecule has 0 amide bonds. The lowest BCUT2D eigenvalue weighted by molar-refractivity contribution is 0.572. The third-order valence-electron chi connectivity index (χ3n) is 14.0. The smallest absolute Gasteiger partial charge is 0.131 e. The first-order valence-corrected chi connectivity index (χ1v) is 25.0. The number of hydrogen-bond acceptors (Lipinski definition) is 2. The van der Waals surface area contributed by atoms with Crippen molar-refractivity contribution in [3.63, 3.8) is 0 Å². The molecule has 0 fully saturated rings. The molecule has 0 radical (unpaired) electrons. The SMILES string of the molecule is CC(C)(C)c1c(-c2ccccc2F)c(-n2c3ccccc3c3c4c(ccc32)sc2ccccc24)c(C(C)(C)C)c(-n2c3ccccc3c3c4c(ccc32)sc2ccccc24)c1-c1ccccc1F. The molecule has 0 bridgehead atoms. The molecule has 0 atom stereocenters. The zero-order valence-corrected chi connectivity index (χ0v) is 40.3. The summed E-state index contributed by atoms with van der Waals surface area (Å²) in [5, 5.41) is 9.44. The van der Waals surface area contributed by atoms with Crippen LogP contribution >= 0.6 is 22.7 Å². The first-order valence-electron chi connectivity index (χ1n) is 23.3. The Bertz CT molecular complexity index is 4000. The number of fused-ring (bicyclic) bond motifs is 14. The molecule has 2 nitrogen and oxygen atoms in total. The molecule has 0 saturated heterocycles. The van der Waals surface area contributed by atoms with Gasteiger partial charge in [-0.2, -0.15) is 0 Å². The van der Waals surface area contributed by atoms with Gasteiger partial charge in [-0.25, -0.2) is 8.78 Å². The number of halogens is 2. The summed E-state index contributed by atoms with van der Waals surface area (Å²) < 4.78 is 44.6. The van der Waals surface area contributed by atoms with Crippen molar-refractivity contribution >= 4 is 107 Å². The Balaban J connectivity index is 1.36. The van der Waals surface area contributed by atoms with Gasteiger partial charge in [0.05, 0.1) is 33.4 Å². The lowest BCUT2D eigenvalue weighted by Crippen LogP contribution is -2.26. The van der Waals surface area contributed by atoms with Crippen LogP contribution in [0.5, 0.6) is 0 Å². The molecule has 4 heterocycles. The first kappa shape index (κ1) is 41.1. The van der Waals surface area contributed by atoms with Gasteiger partial charge in [-0.05, 0) is 77.1 Å². The van der Waals surface area contributed by atoms with E-state index in [0.717, 1.165) is 77.2 Å². The summed E-state index contributed by atoms with van der Waals surface area (Å²) in [6.45, 7) is 13.4. The molecule has 4 aromatic heterocycles. The molecular weight excluding hydrogens is 875 g/mol. The number of hydrogen-bond donors (Lipinski definition) is 0. The predicted octanol–water partition coefficient (Wildman–Crippen LogP) is 18.8. The highest BCUT2D eigenvalue weighted by Gasteiger charge is 2.39. The van der Waals surface area contributed by atoms with E-state index in [1.54, 1.807) is 24.3 Å². The minimum atomic E-state index is -0.652. The van der Waals surface area contributed by atoms with Crippen molar-refractivity contribution in [2.75, 3.05) is 0 Å². The summed E-state index contributed by atoms with van der Waals surface area (Å²) in [5.41, 5.74) is 8.93. The fraction of sp³-hybridized carbons (Fsp3) is 0.129. The molecule has 0 aliphatic rings. The average molecular weight is 921 g/mol. The van der Waals surface area contributed by atoms with Gasteiger partial charge in [0.2, 0.25) is 0 Å². The quantitative estimate of drug-likeness (QED) is 0.166. The highest BCUT2D eigenvalue weighted by molar-refractivity contribution is 7.26. The van der Waals surface area contributed by atoms with Gasteiger partial charge in [0.25, 0.3) is 0 Å². The molecule has 68 heavy (non-hydrogen) atoms. The molecular formula is C62H46F2N2S2. The number of para-hydroxylation sites is 2. The molecule has 0 spiro atoms. The second-order valence-electron chi connectivity index (χ2n) is 20.2. The summed E-state index contributed by atoms with van der Waals surface area (Å²) in [4.78, 5) is 0. The highest BCUT2D eigenvalue weighted by Crippen LogP contribution is 2.56. The van der Waals surface area contributed by atoms with Gasteiger partial charge in [0, 0.05) is 89.7 Å². The Kier molecular flexibility index (Phi) is 8.88. The van der Waals surface area contributed by atoms with Gasteiger partial charge in [-0.1, -0.05) is 151 Å². The van der Waals surface area contributed by atoms with E-state index in [4.69, 9.17) is 0 Å². The molecule has 9 aromatic carbocycles. The second-order valence-corrected chi connectivity index (χ2v) is 22.4. The summed E-state index contributed by atoms with van der Waals surface area (Å²) in [6.07, 6.45) is 0. The van der Waals surface area contributed by atoms with E-state index in [0.29, 0.717) is 11.1 Å². The van der Waals surface area contributed by atoms with E-state index >= 15 is 8.78 Å². The Labute approximate surface area is 400 Å². The maximum atomic E-state index is 17.4. The van der Waals surface area contributed by atoms with Crippen LogP contribution in [0.15, 0.2) is 170 Å². The van der Waals surface area contributed by atoms with Crippen LogP contribution in [-0.4, -0.2) is 9.13 Å². The zero-order valence-electron chi connectivity index (χ0n) is 38.6. The van der Waals surface area contributed by atoms with Gasteiger partial charge >= 0.3 is 0 Å². The molecule has 13 aromatic rings. The molecule has 13 rings (SSSR count). The van der Waals surface area contributed by atoms with E-state index < -0.39 is 10.8 Å². The normalized spacial score (nSPS) is 12.7. The maximum absolute atomic E-state index is 17.4. The lowest BCUT2D eigenvalue weighted by Gasteiger charge is -2.38. The fourth-order valence-electron chi connectivity index (χ4n) is 11.5. The zero-order chi connectivity index (χ0) is 46.4. The van der Waals surface area contributed by atoms with Crippen LogP contribution in [-0.2, 0) is 10.8 Å². The van der Waals surface area contributed by atoms with Crippen LogP contribution in [0, 0.1) is 11.6 Å². The van der Waals surface area contributed by atoms with Gasteiger partial charge in [0.1, 0.15) is 11.6 Å². The van der Waals surface area contributed by atoms with Gasteiger partial charge in [0.15, 0.2) is 0 Å². The van der Waals surface area contributed by atoms with E-state index in [1.807, 2.05) is 46.9 Å². The van der Waals surface area contributed by atoms with Crippen LogP contribution in [0.1, 0.15) is 52.7 Å². The third kappa shape index (κ3) is 5.77. The fourth-order valence-corrected chi connectivity index (χ4v) is 13.7. The summed E-state index contributed by atoms with van der Waals surface area (Å²) in [6, 6.07) is 58.2. The number of nitrogens with zero attached hydrogens (tertiary/aromatic N) is 2. The van der Waals surface area contributed by atoms with Crippen molar-refractivity contribution in [2.24, 2.45) is 0 Å². The number of aromatic nitrogens is 2. The Morgan fingerprint density at radius 1 is 0.338 bits per heavy atom.